The van der Waals surface area contributed by atoms with Crippen LogP contribution in [0.2, 0.25) is 0 Å². The average Bonchev–Trinajstić information content (AvgIpc) is 2.92. The van der Waals surface area contributed by atoms with Crippen LogP contribution in [0.15, 0.2) is 46.9 Å². The van der Waals surface area contributed by atoms with Crippen molar-refractivity contribution in [2.45, 2.75) is 13.8 Å². The van der Waals surface area contributed by atoms with Crippen LogP contribution in [0.4, 0.5) is 4.39 Å². The molecule has 3 rings (SSSR count). The minimum absolute atomic E-state index is 0.191. The smallest absolute Gasteiger partial charge is 0.251 e. The second kappa shape index (κ2) is 4.89. The molecule has 20 heavy (non-hydrogen) atoms. The summed E-state index contributed by atoms with van der Waals surface area (Å²) in [5.74, 6) is 0.213. The van der Waals surface area contributed by atoms with Gasteiger partial charge < -0.3 is 4.42 Å². The predicted octanol–water partition coefficient (Wildman–Crippen LogP) is 4.16. The molecule has 0 aliphatic heterocycles. The Labute approximate surface area is 116 Å². The van der Waals surface area contributed by atoms with E-state index in [1.165, 1.54) is 11.6 Å². The Morgan fingerprint density at radius 3 is 2.40 bits per heavy atom. The van der Waals surface area contributed by atoms with Crippen LogP contribution in [-0.4, -0.2) is 10.2 Å². The molecule has 0 saturated carbocycles. The number of rotatable bonds is 2. The highest BCUT2D eigenvalue weighted by Gasteiger charge is 2.13. The third-order valence-electron chi connectivity index (χ3n) is 3.28. The largest absolute Gasteiger partial charge is 0.416 e. The minimum Gasteiger partial charge on any atom is -0.416 e. The van der Waals surface area contributed by atoms with Crippen molar-refractivity contribution in [3.05, 3.63) is 59.4 Å². The molecule has 0 atom stereocenters. The number of nitrogens with zero attached hydrogens (tertiary/aromatic N) is 2. The van der Waals surface area contributed by atoms with E-state index in [9.17, 15) is 4.39 Å². The van der Waals surface area contributed by atoms with E-state index >= 15 is 0 Å². The van der Waals surface area contributed by atoms with Gasteiger partial charge in [-0.05, 0) is 49.2 Å². The topological polar surface area (TPSA) is 38.9 Å². The Balaban J connectivity index is 2.02. The maximum atomic E-state index is 13.7. The van der Waals surface area contributed by atoms with E-state index in [0.29, 0.717) is 11.5 Å². The van der Waals surface area contributed by atoms with Crippen molar-refractivity contribution < 1.29 is 8.81 Å². The highest BCUT2D eigenvalue weighted by molar-refractivity contribution is 5.59. The number of benzene rings is 2. The van der Waals surface area contributed by atoms with Gasteiger partial charge in [-0.2, -0.15) is 0 Å². The Morgan fingerprint density at radius 2 is 1.65 bits per heavy atom. The van der Waals surface area contributed by atoms with E-state index in [1.807, 2.05) is 32.0 Å². The molecule has 3 aromatic rings. The molecule has 0 aliphatic carbocycles. The fourth-order valence-corrected chi connectivity index (χ4v) is 1.96. The van der Waals surface area contributed by atoms with Crippen molar-refractivity contribution in [2.24, 2.45) is 0 Å². The lowest BCUT2D eigenvalue weighted by atomic mass is 10.1. The second-order valence-electron chi connectivity index (χ2n) is 4.69. The van der Waals surface area contributed by atoms with E-state index < -0.39 is 0 Å². The van der Waals surface area contributed by atoms with Gasteiger partial charge in [0.25, 0.3) is 5.89 Å². The Morgan fingerprint density at radius 1 is 0.900 bits per heavy atom. The molecule has 1 aromatic heterocycles. The number of aryl methyl sites for hydroxylation is 2. The van der Waals surface area contributed by atoms with Gasteiger partial charge in [-0.15, -0.1) is 10.2 Å². The highest BCUT2D eigenvalue weighted by atomic mass is 19.1. The first kappa shape index (κ1) is 12.5. The lowest BCUT2D eigenvalue weighted by Crippen LogP contribution is -1.83. The number of hydrogen-bond acceptors (Lipinski definition) is 3. The summed E-state index contributed by atoms with van der Waals surface area (Å²) in [6, 6.07) is 12.2. The van der Waals surface area contributed by atoms with Crippen LogP contribution in [0.3, 0.4) is 0 Å². The fraction of sp³-hybridized carbons (Fsp3) is 0.125. The maximum absolute atomic E-state index is 13.7. The number of hydrogen-bond donors (Lipinski definition) is 0. The quantitative estimate of drug-likeness (QED) is 0.700. The molecule has 0 amide bonds. The van der Waals surface area contributed by atoms with Crippen molar-refractivity contribution in [2.75, 3.05) is 0 Å². The molecule has 0 bridgehead atoms. The summed E-state index contributed by atoms with van der Waals surface area (Å²) >= 11 is 0. The molecule has 2 aromatic carbocycles. The van der Waals surface area contributed by atoms with Crippen molar-refractivity contribution in [1.29, 1.82) is 0 Å². The summed E-state index contributed by atoms with van der Waals surface area (Å²) in [5, 5.41) is 7.91. The predicted molar refractivity (Wildman–Crippen MR) is 74.6 cm³/mol. The molecule has 100 valence electrons. The molecule has 0 aliphatic rings. The summed E-state index contributed by atoms with van der Waals surface area (Å²) in [6.45, 7) is 4.06. The zero-order valence-corrected chi connectivity index (χ0v) is 11.2. The van der Waals surface area contributed by atoms with E-state index in [4.69, 9.17) is 4.42 Å². The number of aromatic nitrogens is 2. The molecule has 1 heterocycles. The summed E-state index contributed by atoms with van der Waals surface area (Å²) in [5.41, 5.74) is 3.49. The molecular weight excluding hydrogens is 255 g/mol. The van der Waals surface area contributed by atoms with Crippen LogP contribution in [0.1, 0.15) is 11.1 Å². The fourth-order valence-electron chi connectivity index (χ4n) is 1.96. The van der Waals surface area contributed by atoms with E-state index in [-0.39, 0.29) is 11.7 Å². The van der Waals surface area contributed by atoms with Crippen molar-refractivity contribution >= 4 is 0 Å². The Kier molecular flexibility index (Phi) is 3.06. The molecule has 0 fully saturated rings. The summed E-state index contributed by atoms with van der Waals surface area (Å²) in [7, 11) is 0. The van der Waals surface area contributed by atoms with E-state index in [1.54, 1.807) is 18.2 Å². The molecule has 0 radical (unpaired) electrons. The Bertz CT molecular complexity index is 765. The summed E-state index contributed by atoms with van der Waals surface area (Å²) in [6.07, 6.45) is 0. The SMILES string of the molecule is Cc1ccc(-c2nnc(-c3ccccc3F)o2)cc1C. The number of halogens is 1. The second-order valence-corrected chi connectivity index (χ2v) is 4.69. The zero-order chi connectivity index (χ0) is 14.1. The molecular formula is C16H13FN2O. The lowest BCUT2D eigenvalue weighted by molar-refractivity contribution is 0.570. The van der Waals surface area contributed by atoms with Crippen molar-refractivity contribution in [3.8, 4) is 22.9 Å². The molecule has 0 N–H and O–H groups in total. The van der Waals surface area contributed by atoms with Gasteiger partial charge in [-0.1, -0.05) is 18.2 Å². The monoisotopic (exact) mass is 268 g/mol. The molecule has 4 heteroatoms. The normalized spacial score (nSPS) is 10.8. The van der Waals surface area contributed by atoms with Gasteiger partial charge in [-0.3, -0.25) is 0 Å². The van der Waals surface area contributed by atoms with Crippen LogP contribution in [0.25, 0.3) is 22.9 Å². The molecule has 0 saturated heterocycles. The van der Waals surface area contributed by atoms with Crippen molar-refractivity contribution in [3.63, 3.8) is 0 Å². The third-order valence-corrected chi connectivity index (χ3v) is 3.28. The van der Waals surface area contributed by atoms with Gasteiger partial charge in [0.05, 0.1) is 5.56 Å². The summed E-state index contributed by atoms with van der Waals surface area (Å²) < 4.78 is 19.2. The zero-order valence-electron chi connectivity index (χ0n) is 11.2. The molecule has 0 unspecified atom stereocenters. The minimum atomic E-state index is -0.372. The van der Waals surface area contributed by atoms with Gasteiger partial charge in [0.15, 0.2) is 0 Å². The van der Waals surface area contributed by atoms with Gasteiger partial charge in [-0.25, -0.2) is 4.39 Å². The van der Waals surface area contributed by atoms with E-state index in [2.05, 4.69) is 10.2 Å². The van der Waals surface area contributed by atoms with Crippen LogP contribution in [0.5, 0.6) is 0 Å². The molecule has 0 spiro atoms. The first-order valence-corrected chi connectivity index (χ1v) is 6.31. The van der Waals surface area contributed by atoms with Gasteiger partial charge in [0, 0.05) is 5.56 Å². The Hall–Kier alpha value is -2.49. The van der Waals surface area contributed by atoms with Crippen LogP contribution >= 0.6 is 0 Å². The average molecular weight is 268 g/mol. The first-order chi connectivity index (χ1) is 9.65. The molecule has 3 nitrogen and oxygen atoms in total. The van der Waals surface area contributed by atoms with E-state index in [0.717, 1.165) is 11.1 Å². The summed E-state index contributed by atoms with van der Waals surface area (Å²) in [4.78, 5) is 0. The van der Waals surface area contributed by atoms with Crippen LogP contribution in [0, 0.1) is 19.7 Å². The maximum Gasteiger partial charge on any atom is 0.251 e. The van der Waals surface area contributed by atoms with Gasteiger partial charge in [0.2, 0.25) is 5.89 Å². The highest BCUT2D eigenvalue weighted by Crippen LogP contribution is 2.26. The standard InChI is InChI=1S/C16H13FN2O/c1-10-7-8-12(9-11(10)2)15-18-19-16(20-15)13-5-3-4-6-14(13)17/h3-9H,1-2H3. The third kappa shape index (κ3) is 2.20. The lowest BCUT2D eigenvalue weighted by Gasteiger charge is -2.01. The van der Waals surface area contributed by atoms with Crippen LogP contribution < -0.4 is 0 Å². The van der Waals surface area contributed by atoms with Crippen molar-refractivity contribution in [1.82, 2.24) is 10.2 Å². The van der Waals surface area contributed by atoms with Gasteiger partial charge in [0.1, 0.15) is 5.82 Å². The van der Waals surface area contributed by atoms with Crippen LogP contribution in [-0.2, 0) is 0 Å². The van der Waals surface area contributed by atoms with Gasteiger partial charge >= 0.3 is 0 Å². The first-order valence-electron chi connectivity index (χ1n) is 6.31.